The minimum atomic E-state index is -0.105. The molecule has 1 fully saturated rings. The number of nitrogens with zero attached hydrogens (tertiary/aromatic N) is 2. The molecule has 1 saturated carbocycles. The molecular weight excluding hydrogens is 430 g/mol. The third-order valence-corrected chi connectivity index (χ3v) is 7.30. The Bertz CT molecular complexity index is 824. The van der Waals surface area contributed by atoms with Crippen LogP contribution in [0.4, 0.5) is 5.69 Å². The van der Waals surface area contributed by atoms with Crippen molar-refractivity contribution < 1.29 is 19.1 Å². The van der Waals surface area contributed by atoms with E-state index < -0.39 is 0 Å². The van der Waals surface area contributed by atoms with Crippen LogP contribution in [-0.4, -0.2) is 74.2 Å². The van der Waals surface area contributed by atoms with Gasteiger partial charge in [0.05, 0.1) is 11.7 Å². The van der Waals surface area contributed by atoms with Gasteiger partial charge in [0.15, 0.2) is 0 Å². The number of rotatable bonds is 6. The Labute approximate surface area is 205 Å². The van der Waals surface area contributed by atoms with Gasteiger partial charge in [0, 0.05) is 58.0 Å². The molecule has 1 aromatic carbocycles. The van der Waals surface area contributed by atoms with E-state index in [9.17, 15) is 9.59 Å². The molecule has 1 heterocycles. The number of carbonyl (C=O) groups is 2. The highest BCUT2D eigenvalue weighted by Gasteiger charge is 2.30. The van der Waals surface area contributed by atoms with Gasteiger partial charge in [0.2, 0.25) is 5.91 Å². The zero-order valence-corrected chi connectivity index (χ0v) is 21.6. The quantitative estimate of drug-likeness (QED) is 0.662. The molecule has 2 aliphatic rings. The Hall–Kier alpha value is -2.12. The third-order valence-electron chi connectivity index (χ3n) is 7.30. The number of likely N-dealkylation sites (N-methyl/N-ethyl adjacent to an activating group) is 1. The molecular formula is C27H43N3O4. The average molecular weight is 474 g/mol. The molecule has 1 aliphatic carbocycles. The van der Waals surface area contributed by atoms with E-state index in [4.69, 9.17) is 9.47 Å². The summed E-state index contributed by atoms with van der Waals surface area (Å²) in [5.41, 5.74) is 1.16. The van der Waals surface area contributed by atoms with E-state index in [1.165, 1.54) is 25.7 Å². The van der Waals surface area contributed by atoms with Crippen molar-refractivity contribution in [2.75, 3.05) is 45.7 Å². The molecule has 3 atom stereocenters. The van der Waals surface area contributed by atoms with Gasteiger partial charge in [0.25, 0.3) is 5.91 Å². The molecule has 0 aromatic heterocycles. The highest BCUT2D eigenvalue weighted by atomic mass is 16.5. The lowest BCUT2D eigenvalue weighted by atomic mass is 9.99. The molecule has 0 saturated heterocycles. The van der Waals surface area contributed by atoms with Crippen LogP contribution in [0, 0.1) is 11.8 Å². The van der Waals surface area contributed by atoms with E-state index in [0.717, 1.165) is 25.4 Å². The van der Waals surface area contributed by atoms with Crippen molar-refractivity contribution >= 4 is 17.5 Å². The van der Waals surface area contributed by atoms with Crippen molar-refractivity contribution in [2.45, 2.75) is 71.4 Å². The Morgan fingerprint density at radius 2 is 1.94 bits per heavy atom. The van der Waals surface area contributed by atoms with Crippen molar-refractivity contribution in [1.82, 2.24) is 9.80 Å². The van der Waals surface area contributed by atoms with Crippen molar-refractivity contribution in [3.8, 4) is 5.75 Å². The number of benzene rings is 1. The Kier molecular flexibility index (Phi) is 9.77. The van der Waals surface area contributed by atoms with Crippen LogP contribution >= 0.6 is 0 Å². The molecule has 0 spiro atoms. The van der Waals surface area contributed by atoms with Gasteiger partial charge < -0.3 is 19.7 Å². The lowest BCUT2D eigenvalue weighted by Gasteiger charge is -2.37. The number of amides is 2. The maximum atomic E-state index is 13.3. The number of fused-ring (bicyclic) bond motifs is 1. The minimum absolute atomic E-state index is 0.0351. The summed E-state index contributed by atoms with van der Waals surface area (Å²) in [6, 6.07) is 5.51. The summed E-state index contributed by atoms with van der Waals surface area (Å²) in [5.74, 6) is 1.39. The molecule has 7 heteroatoms. The van der Waals surface area contributed by atoms with E-state index in [-0.39, 0.29) is 29.9 Å². The number of carbonyl (C=O) groups excluding carboxylic acids is 2. The fourth-order valence-electron chi connectivity index (χ4n) is 5.15. The number of hydrogen-bond donors (Lipinski definition) is 1. The van der Waals surface area contributed by atoms with E-state index in [2.05, 4.69) is 24.1 Å². The van der Waals surface area contributed by atoms with Crippen molar-refractivity contribution in [2.24, 2.45) is 11.8 Å². The topological polar surface area (TPSA) is 71.1 Å². The third kappa shape index (κ3) is 6.95. The van der Waals surface area contributed by atoms with Crippen LogP contribution in [0.1, 0.15) is 69.7 Å². The Balaban J connectivity index is 1.88. The molecule has 1 N–H and O–H groups in total. The molecule has 1 aliphatic heterocycles. The molecule has 2 amide bonds. The second kappa shape index (κ2) is 12.5. The lowest BCUT2D eigenvalue weighted by Crippen LogP contribution is -2.47. The fraction of sp³-hybridized carbons (Fsp3) is 0.704. The number of hydrogen-bond acceptors (Lipinski definition) is 5. The van der Waals surface area contributed by atoms with Gasteiger partial charge in [-0.05, 0) is 50.2 Å². The molecule has 0 bridgehead atoms. The summed E-state index contributed by atoms with van der Waals surface area (Å²) in [5, 5.41) is 2.92. The van der Waals surface area contributed by atoms with Gasteiger partial charge in [-0.25, -0.2) is 0 Å². The number of nitrogens with one attached hydrogen (secondary N) is 1. The summed E-state index contributed by atoms with van der Waals surface area (Å²) in [6.45, 7) is 9.36. The van der Waals surface area contributed by atoms with Crippen LogP contribution in [0.25, 0.3) is 0 Å². The molecule has 34 heavy (non-hydrogen) atoms. The van der Waals surface area contributed by atoms with Gasteiger partial charge in [-0.2, -0.15) is 0 Å². The van der Waals surface area contributed by atoms with Gasteiger partial charge in [-0.3, -0.25) is 14.5 Å². The Morgan fingerprint density at radius 3 is 2.62 bits per heavy atom. The largest absolute Gasteiger partial charge is 0.491 e. The predicted octanol–water partition coefficient (Wildman–Crippen LogP) is 4.42. The highest BCUT2D eigenvalue weighted by Crippen LogP contribution is 2.29. The number of anilines is 1. The van der Waals surface area contributed by atoms with Gasteiger partial charge in [-0.1, -0.05) is 26.7 Å². The monoisotopic (exact) mass is 473 g/mol. The maximum absolute atomic E-state index is 13.3. The summed E-state index contributed by atoms with van der Waals surface area (Å²) < 4.78 is 12.1. The average Bonchev–Trinajstić information content (AvgIpc) is 3.32. The normalized spacial score (nSPS) is 25.3. The van der Waals surface area contributed by atoms with E-state index in [1.54, 1.807) is 30.2 Å². The zero-order valence-electron chi connectivity index (χ0n) is 21.6. The van der Waals surface area contributed by atoms with Crippen LogP contribution in [0.5, 0.6) is 5.75 Å². The van der Waals surface area contributed by atoms with E-state index in [1.807, 2.05) is 14.0 Å². The summed E-state index contributed by atoms with van der Waals surface area (Å²) >= 11 is 0. The Morgan fingerprint density at radius 1 is 1.21 bits per heavy atom. The van der Waals surface area contributed by atoms with Crippen molar-refractivity contribution in [1.29, 1.82) is 0 Å². The van der Waals surface area contributed by atoms with Crippen molar-refractivity contribution in [3.63, 3.8) is 0 Å². The van der Waals surface area contributed by atoms with E-state index >= 15 is 0 Å². The first-order valence-electron chi connectivity index (χ1n) is 12.9. The van der Waals surface area contributed by atoms with Crippen molar-refractivity contribution in [3.05, 3.63) is 23.8 Å². The second-order valence-corrected chi connectivity index (χ2v) is 10.2. The van der Waals surface area contributed by atoms with Gasteiger partial charge in [0.1, 0.15) is 12.4 Å². The number of methoxy groups -OCH3 is 1. The molecule has 7 nitrogen and oxygen atoms in total. The lowest BCUT2D eigenvalue weighted by molar-refractivity contribution is -0.116. The summed E-state index contributed by atoms with van der Waals surface area (Å²) in [7, 11) is 3.55. The molecule has 0 unspecified atom stereocenters. The van der Waals surface area contributed by atoms with Crippen LogP contribution in [0.3, 0.4) is 0 Å². The van der Waals surface area contributed by atoms with Gasteiger partial charge >= 0.3 is 0 Å². The second-order valence-electron chi connectivity index (χ2n) is 10.2. The van der Waals surface area contributed by atoms with E-state index in [0.29, 0.717) is 36.6 Å². The smallest absolute Gasteiger partial charge is 0.257 e. The maximum Gasteiger partial charge on any atom is 0.257 e. The summed E-state index contributed by atoms with van der Waals surface area (Å²) in [4.78, 5) is 29.7. The number of ether oxygens (including phenoxy) is 2. The minimum Gasteiger partial charge on any atom is -0.491 e. The first-order chi connectivity index (χ1) is 16.3. The molecule has 190 valence electrons. The molecule has 3 rings (SSSR count). The van der Waals surface area contributed by atoms with Crippen LogP contribution < -0.4 is 10.1 Å². The van der Waals surface area contributed by atoms with Crippen LogP contribution in [-0.2, 0) is 9.53 Å². The van der Waals surface area contributed by atoms with Crippen LogP contribution in [0.15, 0.2) is 18.2 Å². The fourth-order valence-corrected chi connectivity index (χ4v) is 5.15. The van der Waals surface area contributed by atoms with Gasteiger partial charge in [-0.15, -0.1) is 0 Å². The SMILES string of the molecule is CCCC(=O)Nc1ccc2c(c1)OC[C@@H](C)N(CC1CCCC1)C[C@@H](C)[C@@H](OC)CN(C)C2=O. The summed E-state index contributed by atoms with van der Waals surface area (Å²) in [6.07, 6.45) is 6.44. The first kappa shape index (κ1) is 26.5. The standard InChI is InChI=1S/C27H43N3O4/c1-6-9-26(31)28-22-12-13-23-24(14-22)34-18-20(3)30(16-21-10-7-8-11-21)15-19(2)25(33-5)17-29(4)27(23)32/h12-14,19-21,25H,6-11,15-18H2,1-5H3,(H,28,31)/t19-,20-,25+/m1/s1. The molecule has 1 aromatic rings. The molecule has 0 radical (unpaired) electrons. The zero-order chi connectivity index (χ0) is 24.7. The first-order valence-corrected chi connectivity index (χ1v) is 12.9. The highest BCUT2D eigenvalue weighted by molar-refractivity contribution is 5.98. The predicted molar refractivity (Wildman–Crippen MR) is 135 cm³/mol. The van der Waals surface area contributed by atoms with Crippen LogP contribution in [0.2, 0.25) is 0 Å².